The fourth-order valence-corrected chi connectivity index (χ4v) is 3.94. The lowest BCUT2D eigenvalue weighted by Gasteiger charge is -2.17. The second-order valence-electron chi connectivity index (χ2n) is 6.87. The van der Waals surface area contributed by atoms with E-state index in [-0.39, 0.29) is 24.0 Å². The van der Waals surface area contributed by atoms with Crippen LogP contribution in [0.1, 0.15) is 39.5 Å². The van der Waals surface area contributed by atoms with Crippen LogP contribution in [0, 0.1) is 0 Å². The molecule has 2 N–H and O–H groups in total. The van der Waals surface area contributed by atoms with Crippen molar-refractivity contribution in [2.24, 2.45) is 0 Å². The van der Waals surface area contributed by atoms with Gasteiger partial charge < -0.3 is 14.6 Å². The van der Waals surface area contributed by atoms with Crippen molar-refractivity contribution in [2.75, 3.05) is 6.54 Å². The normalized spacial score (nSPS) is 22.3. The van der Waals surface area contributed by atoms with Crippen LogP contribution in [0.3, 0.4) is 0 Å². The number of carboxylic acid groups (broad SMARTS) is 1. The molecule has 0 saturated carbocycles. The number of sulfonamides is 1. The fourth-order valence-electron chi connectivity index (χ4n) is 2.88. The van der Waals surface area contributed by atoms with Crippen LogP contribution in [0.15, 0.2) is 47.4 Å². The molecule has 1 aromatic rings. The van der Waals surface area contributed by atoms with E-state index >= 15 is 0 Å². The summed E-state index contributed by atoms with van der Waals surface area (Å²) in [5.74, 6) is -1.59. The number of rotatable bonds is 10. The molecule has 0 aliphatic carbocycles. The number of aliphatic carboxylic acids is 1. The second-order valence-corrected chi connectivity index (χ2v) is 8.64. The zero-order valence-electron chi connectivity index (χ0n) is 15.6. The van der Waals surface area contributed by atoms with Crippen LogP contribution in [0.4, 0.5) is 0 Å². The molecule has 1 aliphatic heterocycles. The van der Waals surface area contributed by atoms with Crippen molar-refractivity contribution in [2.45, 2.75) is 62.4 Å². The highest BCUT2D eigenvalue weighted by Crippen LogP contribution is 2.30. The molecule has 0 amide bonds. The van der Waals surface area contributed by atoms with Crippen molar-refractivity contribution >= 4 is 16.0 Å². The quantitative estimate of drug-likeness (QED) is 0.465. The molecular formula is C19H27NO6S. The summed E-state index contributed by atoms with van der Waals surface area (Å²) in [5, 5.41) is 8.63. The highest BCUT2D eigenvalue weighted by Gasteiger charge is 2.40. The van der Waals surface area contributed by atoms with Gasteiger partial charge in [0.05, 0.1) is 11.0 Å². The molecule has 0 unspecified atom stereocenters. The van der Waals surface area contributed by atoms with Gasteiger partial charge in [0.15, 0.2) is 5.79 Å². The third kappa shape index (κ3) is 7.06. The van der Waals surface area contributed by atoms with Crippen LogP contribution < -0.4 is 4.72 Å². The van der Waals surface area contributed by atoms with Gasteiger partial charge >= 0.3 is 5.97 Å². The molecule has 1 aliphatic rings. The van der Waals surface area contributed by atoms with Gasteiger partial charge in [-0.25, -0.2) is 13.1 Å². The number of benzene rings is 1. The van der Waals surface area contributed by atoms with Gasteiger partial charge in [0.1, 0.15) is 6.10 Å². The molecule has 8 heteroatoms. The van der Waals surface area contributed by atoms with Crippen molar-refractivity contribution in [3.8, 4) is 0 Å². The van der Waals surface area contributed by atoms with Gasteiger partial charge in [-0.15, -0.1) is 0 Å². The predicted molar refractivity (Wildman–Crippen MR) is 101 cm³/mol. The Morgan fingerprint density at radius 2 is 1.85 bits per heavy atom. The molecule has 0 bridgehead atoms. The smallest absolute Gasteiger partial charge is 0.303 e. The lowest BCUT2D eigenvalue weighted by molar-refractivity contribution is -0.145. The molecule has 7 nitrogen and oxygen atoms in total. The number of hydrogen-bond acceptors (Lipinski definition) is 5. The van der Waals surface area contributed by atoms with Crippen LogP contribution in [0.2, 0.25) is 0 Å². The minimum absolute atomic E-state index is 0.109. The Labute approximate surface area is 160 Å². The molecule has 1 saturated heterocycles. The summed E-state index contributed by atoms with van der Waals surface area (Å²) in [7, 11) is -3.61. The van der Waals surface area contributed by atoms with E-state index in [2.05, 4.69) is 4.72 Å². The third-order valence-electron chi connectivity index (χ3n) is 4.11. The molecule has 0 spiro atoms. The van der Waals surface area contributed by atoms with E-state index < -0.39 is 27.9 Å². The molecule has 2 atom stereocenters. The first kappa shape index (κ1) is 21.6. The summed E-state index contributed by atoms with van der Waals surface area (Å²) in [6.07, 6.45) is 5.11. The highest BCUT2D eigenvalue weighted by atomic mass is 32.2. The zero-order valence-corrected chi connectivity index (χ0v) is 16.4. The topological polar surface area (TPSA) is 102 Å². The second kappa shape index (κ2) is 9.45. The van der Waals surface area contributed by atoms with Gasteiger partial charge in [-0.2, -0.15) is 0 Å². The van der Waals surface area contributed by atoms with Gasteiger partial charge in [0, 0.05) is 13.0 Å². The number of nitrogens with one attached hydrogen (secondary N) is 1. The van der Waals surface area contributed by atoms with Gasteiger partial charge in [-0.05, 0) is 45.2 Å². The molecule has 0 radical (unpaired) electrons. The van der Waals surface area contributed by atoms with E-state index in [1.54, 1.807) is 32.0 Å². The largest absolute Gasteiger partial charge is 0.481 e. The maximum absolute atomic E-state index is 12.4. The van der Waals surface area contributed by atoms with E-state index in [0.29, 0.717) is 19.3 Å². The lowest BCUT2D eigenvalue weighted by atomic mass is 10.1. The number of allylic oxidation sites excluding steroid dienone is 1. The van der Waals surface area contributed by atoms with Gasteiger partial charge in [-0.1, -0.05) is 30.4 Å². The lowest BCUT2D eigenvalue weighted by Crippen LogP contribution is -2.37. The van der Waals surface area contributed by atoms with Crippen LogP contribution in [0.5, 0.6) is 0 Å². The summed E-state index contributed by atoms with van der Waals surface area (Å²) < 4.78 is 39.1. The fraction of sp³-hybridized carbons (Fsp3) is 0.526. The summed E-state index contributed by atoms with van der Waals surface area (Å²) in [6, 6.07) is 8.18. The minimum atomic E-state index is -3.61. The van der Waals surface area contributed by atoms with Crippen LogP contribution >= 0.6 is 0 Å². The number of ether oxygens (including phenoxy) is 2. The molecule has 1 aromatic carbocycles. The minimum Gasteiger partial charge on any atom is -0.481 e. The SMILES string of the molecule is CC1(C)O[C@H](C/C=C/CCCC(=O)O)[C@@H](CNS(=O)(=O)c2ccccc2)O1. The van der Waals surface area contributed by atoms with E-state index in [1.807, 2.05) is 12.2 Å². The summed E-state index contributed by atoms with van der Waals surface area (Å²) in [5.41, 5.74) is 0. The number of carbonyl (C=O) groups is 1. The Hall–Kier alpha value is -1.74. The van der Waals surface area contributed by atoms with Crippen molar-refractivity contribution in [3.05, 3.63) is 42.5 Å². The van der Waals surface area contributed by atoms with Crippen LogP contribution in [-0.2, 0) is 24.3 Å². The predicted octanol–water partition coefficient (Wildman–Crippen LogP) is 2.69. The monoisotopic (exact) mass is 397 g/mol. The van der Waals surface area contributed by atoms with Gasteiger partial charge in [-0.3, -0.25) is 4.79 Å². The molecule has 1 heterocycles. The highest BCUT2D eigenvalue weighted by molar-refractivity contribution is 7.89. The number of hydrogen-bond donors (Lipinski definition) is 2. The Kier molecular flexibility index (Phi) is 7.55. The first-order valence-electron chi connectivity index (χ1n) is 8.97. The first-order chi connectivity index (χ1) is 12.7. The van der Waals surface area contributed by atoms with E-state index in [0.717, 1.165) is 0 Å². The third-order valence-corrected chi connectivity index (χ3v) is 5.55. The number of unbranched alkanes of at least 4 members (excludes halogenated alkanes) is 1. The van der Waals surface area contributed by atoms with Gasteiger partial charge in [0.25, 0.3) is 0 Å². The van der Waals surface area contributed by atoms with Gasteiger partial charge in [0.2, 0.25) is 10.0 Å². The summed E-state index contributed by atoms with van der Waals surface area (Å²) in [6.45, 7) is 3.70. The molecule has 150 valence electrons. The van der Waals surface area contributed by atoms with Crippen LogP contribution in [0.25, 0.3) is 0 Å². The number of carboxylic acids is 1. The standard InChI is InChI=1S/C19H27NO6S/c1-19(2)25-16(12-8-3-4-9-13-18(21)22)17(26-19)14-20-27(23,24)15-10-6-5-7-11-15/h3,5-8,10-11,16-17,20H,4,9,12-14H2,1-2H3,(H,21,22)/b8-3+/t16-,17-/m1/s1. The molecule has 0 aromatic heterocycles. The molecule has 27 heavy (non-hydrogen) atoms. The average Bonchev–Trinajstić information content (AvgIpc) is 2.90. The maximum Gasteiger partial charge on any atom is 0.303 e. The Bertz CT molecular complexity index is 745. The molecule has 1 fully saturated rings. The van der Waals surface area contributed by atoms with E-state index in [1.165, 1.54) is 12.1 Å². The summed E-state index contributed by atoms with van der Waals surface area (Å²) in [4.78, 5) is 10.7. The maximum atomic E-state index is 12.4. The van der Waals surface area contributed by atoms with Crippen molar-refractivity contribution in [1.82, 2.24) is 4.72 Å². The Balaban J connectivity index is 1.89. The van der Waals surface area contributed by atoms with Crippen molar-refractivity contribution in [1.29, 1.82) is 0 Å². The first-order valence-corrected chi connectivity index (χ1v) is 10.4. The molecule has 2 rings (SSSR count). The van der Waals surface area contributed by atoms with E-state index in [9.17, 15) is 13.2 Å². The van der Waals surface area contributed by atoms with Crippen LogP contribution in [-0.4, -0.2) is 44.0 Å². The average molecular weight is 397 g/mol. The van der Waals surface area contributed by atoms with E-state index in [4.69, 9.17) is 14.6 Å². The summed E-state index contributed by atoms with van der Waals surface area (Å²) >= 11 is 0. The zero-order chi connectivity index (χ0) is 19.9. The molecular weight excluding hydrogens is 370 g/mol. The Morgan fingerprint density at radius 1 is 1.19 bits per heavy atom. The Morgan fingerprint density at radius 3 is 2.52 bits per heavy atom. The van der Waals surface area contributed by atoms with Crippen molar-refractivity contribution in [3.63, 3.8) is 0 Å². The van der Waals surface area contributed by atoms with Crippen molar-refractivity contribution < 1.29 is 27.8 Å².